The number of nitrogens with zero attached hydrogens (tertiary/aromatic N) is 2. The third kappa shape index (κ3) is 5.80. The van der Waals surface area contributed by atoms with Gasteiger partial charge >= 0.3 is 0 Å². The Kier molecular flexibility index (Phi) is 7.73. The molecule has 0 radical (unpaired) electrons. The van der Waals surface area contributed by atoms with Gasteiger partial charge in [-0.05, 0) is 49.2 Å². The van der Waals surface area contributed by atoms with Crippen molar-refractivity contribution in [1.82, 2.24) is 0 Å². The minimum Gasteiger partial charge on any atom is -0.267 e. The second-order valence-corrected chi connectivity index (χ2v) is 5.81. The summed E-state index contributed by atoms with van der Waals surface area (Å²) < 4.78 is 1.28. The number of unbranched alkanes of at least 4 members (excludes halogenated alkanes) is 1. The van der Waals surface area contributed by atoms with Crippen molar-refractivity contribution in [2.45, 2.75) is 51.9 Å². The molecule has 17 heavy (non-hydrogen) atoms. The molecule has 0 bridgehead atoms. The summed E-state index contributed by atoms with van der Waals surface area (Å²) in [6, 6.07) is 0. The number of aliphatic imine (C=N–C) groups is 2. The molecule has 0 aromatic heterocycles. The van der Waals surface area contributed by atoms with E-state index in [9.17, 15) is 0 Å². The molecule has 0 N–H and O–H groups in total. The fourth-order valence-electron chi connectivity index (χ4n) is 2.09. The zero-order chi connectivity index (χ0) is 12.5. The Morgan fingerprint density at radius 1 is 1.47 bits per heavy atom. The first kappa shape index (κ1) is 14.9. The molecular formula is C14H23IN2. The quantitative estimate of drug-likeness (QED) is 0.261. The van der Waals surface area contributed by atoms with Gasteiger partial charge in [0.15, 0.2) is 0 Å². The van der Waals surface area contributed by atoms with Crippen LogP contribution in [0.4, 0.5) is 0 Å². The van der Waals surface area contributed by atoms with Crippen LogP contribution in [0.1, 0.15) is 51.9 Å². The highest BCUT2D eigenvalue weighted by molar-refractivity contribution is 14.1. The second kappa shape index (κ2) is 8.84. The van der Waals surface area contributed by atoms with Crippen molar-refractivity contribution in [2.75, 3.05) is 4.43 Å². The summed E-state index contributed by atoms with van der Waals surface area (Å²) in [7, 11) is 0. The maximum atomic E-state index is 4.47. The first-order valence-electron chi connectivity index (χ1n) is 6.55. The number of rotatable bonds is 8. The van der Waals surface area contributed by atoms with E-state index < -0.39 is 0 Å². The van der Waals surface area contributed by atoms with Gasteiger partial charge in [-0.3, -0.25) is 9.98 Å². The zero-order valence-electron chi connectivity index (χ0n) is 10.8. The van der Waals surface area contributed by atoms with E-state index in [0.717, 1.165) is 30.9 Å². The summed E-state index contributed by atoms with van der Waals surface area (Å²) in [4.78, 5) is 8.57. The van der Waals surface area contributed by atoms with Crippen LogP contribution in [-0.2, 0) is 0 Å². The van der Waals surface area contributed by atoms with Crippen molar-refractivity contribution >= 4 is 35.5 Å². The molecule has 3 heteroatoms. The molecule has 0 fully saturated rings. The molecular weight excluding hydrogens is 323 g/mol. The molecule has 1 aliphatic heterocycles. The van der Waals surface area contributed by atoms with Crippen LogP contribution in [0, 0.1) is 5.92 Å². The minimum atomic E-state index is 0.800. The van der Waals surface area contributed by atoms with Gasteiger partial charge in [0.05, 0.1) is 11.4 Å². The zero-order valence-corrected chi connectivity index (χ0v) is 12.9. The summed E-state index contributed by atoms with van der Waals surface area (Å²) in [5.41, 5.74) is 2.29. The van der Waals surface area contributed by atoms with Gasteiger partial charge < -0.3 is 0 Å². The van der Waals surface area contributed by atoms with Crippen LogP contribution in [-0.4, -0.2) is 17.4 Å². The van der Waals surface area contributed by atoms with E-state index in [0.29, 0.717) is 0 Å². The molecule has 1 unspecified atom stereocenters. The molecule has 1 atom stereocenters. The third-order valence-corrected chi connectivity index (χ3v) is 4.00. The van der Waals surface area contributed by atoms with Crippen LogP contribution >= 0.6 is 22.6 Å². The molecule has 0 aromatic rings. The predicted octanol–water partition coefficient (Wildman–Crippen LogP) is 4.78. The average Bonchev–Trinajstić information content (AvgIpc) is 2.37. The van der Waals surface area contributed by atoms with Crippen LogP contribution in [0.15, 0.2) is 21.4 Å². The summed E-state index contributed by atoms with van der Waals surface area (Å²) in [5.74, 6) is 0.800. The van der Waals surface area contributed by atoms with Gasteiger partial charge in [0, 0.05) is 6.21 Å². The molecule has 0 spiro atoms. The average molecular weight is 346 g/mol. The van der Waals surface area contributed by atoms with Gasteiger partial charge in [0.2, 0.25) is 0 Å². The molecule has 0 aromatic carbocycles. The van der Waals surface area contributed by atoms with Crippen LogP contribution in [0.25, 0.3) is 0 Å². The lowest BCUT2D eigenvalue weighted by molar-refractivity contribution is 0.470. The van der Waals surface area contributed by atoms with Crippen LogP contribution in [0.5, 0.6) is 0 Å². The Bertz CT molecular complexity index is 295. The molecule has 1 rings (SSSR count). The Morgan fingerprint density at radius 2 is 2.29 bits per heavy atom. The highest BCUT2D eigenvalue weighted by Crippen LogP contribution is 2.24. The van der Waals surface area contributed by atoms with E-state index in [2.05, 4.69) is 46.2 Å². The monoisotopic (exact) mass is 346 g/mol. The number of allylic oxidation sites excluding steroid dienone is 2. The minimum absolute atomic E-state index is 0.800. The van der Waals surface area contributed by atoms with Crippen molar-refractivity contribution in [3.63, 3.8) is 0 Å². The standard InChI is InChI=1S/C14H23IN2/c1-12(6-3-4-10-15)8-9-14-13(16-2)7-5-11-17-14/h11-12H,2-10H2,1H3. The van der Waals surface area contributed by atoms with Crippen molar-refractivity contribution in [3.8, 4) is 0 Å². The number of halogens is 1. The molecule has 0 aliphatic carbocycles. The Hall–Kier alpha value is -0.190. The predicted molar refractivity (Wildman–Crippen MR) is 85.4 cm³/mol. The van der Waals surface area contributed by atoms with Crippen molar-refractivity contribution in [1.29, 1.82) is 0 Å². The lowest BCUT2D eigenvalue weighted by Crippen LogP contribution is -2.00. The molecule has 1 heterocycles. The maximum absolute atomic E-state index is 4.47. The topological polar surface area (TPSA) is 24.7 Å². The number of hydrogen-bond donors (Lipinski definition) is 0. The highest BCUT2D eigenvalue weighted by Gasteiger charge is 2.10. The maximum Gasteiger partial charge on any atom is 0.0614 e. The van der Waals surface area contributed by atoms with E-state index in [-0.39, 0.29) is 0 Å². The lowest BCUT2D eigenvalue weighted by atomic mass is 9.97. The van der Waals surface area contributed by atoms with E-state index >= 15 is 0 Å². The van der Waals surface area contributed by atoms with Crippen molar-refractivity contribution < 1.29 is 0 Å². The molecule has 1 aliphatic rings. The molecule has 96 valence electrons. The SMILES string of the molecule is C=NC1=C(CCC(C)CCCCI)N=CCC1. The van der Waals surface area contributed by atoms with Crippen molar-refractivity contribution in [3.05, 3.63) is 11.4 Å². The molecule has 0 saturated heterocycles. The number of alkyl halides is 1. The third-order valence-electron chi connectivity index (χ3n) is 3.24. The lowest BCUT2D eigenvalue weighted by Gasteiger charge is -2.14. The molecule has 2 nitrogen and oxygen atoms in total. The second-order valence-electron chi connectivity index (χ2n) is 4.73. The van der Waals surface area contributed by atoms with E-state index in [1.165, 1.54) is 35.8 Å². The highest BCUT2D eigenvalue weighted by atomic mass is 127. The van der Waals surface area contributed by atoms with Gasteiger partial charge in [-0.1, -0.05) is 42.4 Å². The molecule has 0 saturated carbocycles. The van der Waals surface area contributed by atoms with E-state index in [1.54, 1.807) is 0 Å². The van der Waals surface area contributed by atoms with E-state index in [4.69, 9.17) is 0 Å². The first-order valence-corrected chi connectivity index (χ1v) is 8.07. The Balaban J connectivity index is 2.31. The van der Waals surface area contributed by atoms with Crippen LogP contribution in [0.2, 0.25) is 0 Å². The summed E-state index contributed by atoms with van der Waals surface area (Å²) in [6.45, 7) is 5.99. The molecule has 0 amide bonds. The summed E-state index contributed by atoms with van der Waals surface area (Å²) in [6.07, 6.45) is 10.4. The largest absolute Gasteiger partial charge is 0.267 e. The van der Waals surface area contributed by atoms with Crippen molar-refractivity contribution in [2.24, 2.45) is 15.9 Å². The smallest absolute Gasteiger partial charge is 0.0614 e. The first-order chi connectivity index (χ1) is 8.27. The fraction of sp³-hybridized carbons (Fsp3) is 0.714. The summed E-state index contributed by atoms with van der Waals surface area (Å²) in [5, 5.41) is 0. The van der Waals surface area contributed by atoms with Gasteiger partial charge in [-0.15, -0.1) is 0 Å². The Morgan fingerprint density at radius 3 is 3.00 bits per heavy atom. The van der Waals surface area contributed by atoms with Gasteiger partial charge in [0.1, 0.15) is 0 Å². The van der Waals surface area contributed by atoms with Gasteiger partial charge in [0.25, 0.3) is 0 Å². The van der Waals surface area contributed by atoms with E-state index in [1.807, 2.05) is 6.21 Å². The Labute approximate surface area is 119 Å². The fourth-order valence-corrected chi connectivity index (χ4v) is 2.63. The van der Waals surface area contributed by atoms with Gasteiger partial charge in [-0.25, -0.2) is 0 Å². The normalized spacial score (nSPS) is 17.3. The van der Waals surface area contributed by atoms with Gasteiger partial charge in [-0.2, -0.15) is 0 Å². The van der Waals surface area contributed by atoms with Crippen LogP contribution < -0.4 is 0 Å². The van der Waals surface area contributed by atoms with Crippen LogP contribution in [0.3, 0.4) is 0 Å². The summed E-state index contributed by atoms with van der Waals surface area (Å²) >= 11 is 2.45. The number of hydrogen-bond acceptors (Lipinski definition) is 2.